The Morgan fingerprint density at radius 3 is 2.94 bits per heavy atom. The van der Waals surface area contributed by atoms with E-state index in [0.29, 0.717) is 17.9 Å². The van der Waals surface area contributed by atoms with Crippen LogP contribution in [0.1, 0.15) is 11.1 Å². The van der Waals surface area contributed by atoms with Gasteiger partial charge in [-0.2, -0.15) is 0 Å². The summed E-state index contributed by atoms with van der Waals surface area (Å²) in [6.07, 6.45) is 0.272. The van der Waals surface area contributed by atoms with Crippen molar-refractivity contribution >= 4 is 5.97 Å². The minimum Gasteiger partial charge on any atom is -0.504 e. The quantitative estimate of drug-likeness (QED) is 0.680. The van der Waals surface area contributed by atoms with E-state index >= 15 is 0 Å². The van der Waals surface area contributed by atoms with Crippen LogP contribution in [0.5, 0.6) is 11.5 Å². The Morgan fingerprint density at radius 1 is 1.56 bits per heavy atom. The van der Waals surface area contributed by atoms with E-state index in [0.717, 1.165) is 5.56 Å². The number of carboxylic acids is 1. The highest BCUT2D eigenvalue weighted by molar-refractivity contribution is 5.75. The van der Waals surface area contributed by atoms with Gasteiger partial charge < -0.3 is 20.3 Å². The molecular weight excluding hydrogens is 210 g/mol. The highest BCUT2D eigenvalue weighted by Crippen LogP contribution is 2.34. The Bertz CT molecular complexity index is 430. The monoisotopic (exact) mass is 223 g/mol. The van der Waals surface area contributed by atoms with Gasteiger partial charge >= 0.3 is 5.97 Å². The Kier molecular flexibility index (Phi) is 2.70. The zero-order chi connectivity index (χ0) is 11.7. The molecule has 2 rings (SSSR count). The molecular formula is C11H13NO4. The Labute approximate surface area is 92.7 Å². The molecule has 5 nitrogen and oxygen atoms in total. The summed E-state index contributed by atoms with van der Waals surface area (Å²) in [5.74, 6) is -0.481. The van der Waals surface area contributed by atoms with Crippen molar-refractivity contribution in [2.45, 2.75) is 19.0 Å². The van der Waals surface area contributed by atoms with Crippen LogP contribution in [0.4, 0.5) is 0 Å². The third kappa shape index (κ3) is 1.69. The average Bonchev–Trinajstić information content (AvgIpc) is 2.29. The van der Waals surface area contributed by atoms with Gasteiger partial charge in [0, 0.05) is 18.5 Å². The normalized spacial score (nSPS) is 18.9. The fourth-order valence-electron chi connectivity index (χ4n) is 1.90. The van der Waals surface area contributed by atoms with Crippen molar-refractivity contribution < 1.29 is 19.7 Å². The molecule has 1 heterocycles. The first kappa shape index (κ1) is 10.8. The number of rotatable bonds is 2. The number of aromatic hydroxyl groups is 1. The van der Waals surface area contributed by atoms with E-state index in [1.165, 1.54) is 7.11 Å². The van der Waals surface area contributed by atoms with E-state index in [1.54, 1.807) is 6.07 Å². The zero-order valence-electron chi connectivity index (χ0n) is 8.86. The Hall–Kier alpha value is -1.75. The Morgan fingerprint density at radius 2 is 2.31 bits per heavy atom. The number of carbonyl (C=O) groups is 1. The molecule has 0 spiro atoms. The number of phenols is 1. The average molecular weight is 223 g/mol. The van der Waals surface area contributed by atoms with Gasteiger partial charge in [0.2, 0.25) is 0 Å². The number of carboxylic acid groups (broad SMARTS) is 1. The molecule has 1 aliphatic rings. The summed E-state index contributed by atoms with van der Waals surface area (Å²) in [6.45, 7) is 0.448. The van der Waals surface area contributed by atoms with Gasteiger partial charge in [-0.3, -0.25) is 4.79 Å². The second-order valence-electron chi connectivity index (χ2n) is 3.73. The zero-order valence-corrected chi connectivity index (χ0v) is 8.86. The van der Waals surface area contributed by atoms with Crippen LogP contribution in [0, 0.1) is 0 Å². The number of hydrogen-bond acceptors (Lipinski definition) is 4. The van der Waals surface area contributed by atoms with Crippen LogP contribution in [0.3, 0.4) is 0 Å². The van der Waals surface area contributed by atoms with E-state index < -0.39 is 12.0 Å². The number of nitrogens with one attached hydrogen (secondary N) is 1. The van der Waals surface area contributed by atoms with Crippen molar-refractivity contribution in [3.05, 3.63) is 23.3 Å². The molecule has 0 fully saturated rings. The molecule has 0 amide bonds. The molecule has 0 bridgehead atoms. The predicted molar refractivity (Wildman–Crippen MR) is 56.6 cm³/mol. The first-order valence-electron chi connectivity index (χ1n) is 4.97. The smallest absolute Gasteiger partial charge is 0.321 e. The highest BCUT2D eigenvalue weighted by atomic mass is 16.5. The minimum atomic E-state index is -0.909. The molecule has 5 heteroatoms. The summed E-state index contributed by atoms with van der Waals surface area (Å²) in [5, 5.41) is 21.7. The highest BCUT2D eigenvalue weighted by Gasteiger charge is 2.26. The number of phenolic OH excluding ortho intramolecular Hbond substituents is 1. The third-order valence-corrected chi connectivity index (χ3v) is 2.81. The van der Waals surface area contributed by atoms with E-state index in [9.17, 15) is 9.90 Å². The van der Waals surface area contributed by atoms with E-state index in [4.69, 9.17) is 9.84 Å². The summed E-state index contributed by atoms with van der Waals surface area (Å²) in [6, 6.07) is 2.86. The molecule has 86 valence electrons. The molecule has 0 saturated carbocycles. The fraction of sp³-hybridized carbons (Fsp3) is 0.364. The predicted octanol–water partition coefficient (Wildman–Crippen LogP) is 0.500. The molecule has 1 aromatic carbocycles. The first-order chi connectivity index (χ1) is 7.63. The van der Waals surface area contributed by atoms with E-state index in [1.807, 2.05) is 6.07 Å². The van der Waals surface area contributed by atoms with Crippen LogP contribution in [-0.4, -0.2) is 29.3 Å². The van der Waals surface area contributed by atoms with Gasteiger partial charge in [-0.1, -0.05) is 6.07 Å². The molecule has 1 atom stereocenters. The molecule has 1 aromatic rings. The van der Waals surface area contributed by atoms with Crippen molar-refractivity contribution in [3.8, 4) is 11.5 Å². The maximum Gasteiger partial charge on any atom is 0.321 e. The number of fused-ring (bicyclic) bond motifs is 1. The van der Waals surface area contributed by atoms with Gasteiger partial charge in [0.25, 0.3) is 0 Å². The van der Waals surface area contributed by atoms with Crippen molar-refractivity contribution in [3.63, 3.8) is 0 Å². The van der Waals surface area contributed by atoms with Gasteiger partial charge in [0.1, 0.15) is 6.04 Å². The van der Waals surface area contributed by atoms with Crippen LogP contribution < -0.4 is 10.1 Å². The minimum absolute atomic E-state index is 0.0488. The topological polar surface area (TPSA) is 78.8 Å². The van der Waals surface area contributed by atoms with Gasteiger partial charge in [-0.05, 0) is 11.6 Å². The van der Waals surface area contributed by atoms with E-state index in [-0.39, 0.29) is 12.2 Å². The van der Waals surface area contributed by atoms with E-state index in [2.05, 4.69) is 5.32 Å². The van der Waals surface area contributed by atoms with Crippen molar-refractivity contribution in [2.75, 3.05) is 7.11 Å². The van der Waals surface area contributed by atoms with Gasteiger partial charge in [0.15, 0.2) is 11.5 Å². The number of benzene rings is 1. The molecule has 16 heavy (non-hydrogen) atoms. The summed E-state index contributed by atoms with van der Waals surface area (Å²) >= 11 is 0. The lowest BCUT2D eigenvalue weighted by Gasteiger charge is -2.24. The summed E-state index contributed by atoms with van der Waals surface area (Å²) in [5.41, 5.74) is 1.57. The standard InChI is InChI=1S/C11H13NO4/c1-16-9-3-2-6-5-12-8(11(14)15)4-7(6)10(9)13/h2-3,8,12-13H,4-5H2,1H3,(H,14,15). The molecule has 0 aromatic heterocycles. The molecule has 0 aliphatic carbocycles. The number of aliphatic carboxylic acids is 1. The fourth-order valence-corrected chi connectivity index (χ4v) is 1.90. The largest absolute Gasteiger partial charge is 0.504 e. The Balaban J connectivity index is 2.38. The maximum absolute atomic E-state index is 10.9. The molecule has 1 aliphatic heterocycles. The molecule has 0 saturated heterocycles. The van der Waals surface area contributed by atoms with Crippen molar-refractivity contribution in [1.82, 2.24) is 5.32 Å². The van der Waals surface area contributed by atoms with Crippen molar-refractivity contribution in [1.29, 1.82) is 0 Å². The van der Waals surface area contributed by atoms with Gasteiger partial charge in [-0.25, -0.2) is 0 Å². The number of ether oxygens (including phenoxy) is 1. The molecule has 3 N–H and O–H groups in total. The second-order valence-corrected chi connectivity index (χ2v) is 3.73. The van der Waals surface area contributed by atoms with Crippen LogP contribution in [0.15, 0.2) is 12.1 Å². The van der Waals surface area contributed by atoms with Crippen molar-refractivity contribution in [2.24, 2.45) is 0 Å². The maximum atomic E-state index is 10.9. The first-order valence-corrected chi connectivity index (χ1v) is 4.97. The van der Waals surface area contributed by atoms with Gasteiger partial charge in [0.05, 0.1) is 7.11 Å². The van der Waals surface area contributed by atoms with Gasteiger partial charge in [-0.15, -0.1) is 0 Å². The summed E-state index contributed by atoms with van der Waals surface area (Å²) in [4.78, 5) is 10.9. The van der Waals surface area contributed by atoms with Crippen LogP contribution in [0.25, 0.3) is 0 Å². The number of hydrogen-bond donors (Lipinski definition) is 3. The summed E-state index contributed by atoms with van der Waals surface area (Å²) < 4.78 is 4.99. The van der Waals surface area contributed by atoms with Crippen LogP contribution in [-0.2, 0) is 17.8 Å². The second kappa shape index (κ2) is 4.02. The third-order valence-electron chi connectivity index (χ3n) is 2.81. The SMILES string of the molecule is COc1ccc2c(c1O)CC(C(=O)O)NC2. The molecule has 1 unspecified atom stereocenters. The lowest BCUT2D eigenvalue weighted by atomic mass is 9.94. The number of methoxy groups -OCH3 is 1. The molecule has 0 radical (unpaired) electrons. The van der Waals surface area contributed by atoms with Crippen LogP contribution >= 0.6 is 0 Å². The summed E-state index contributed by atoms with van der Waals surface area (Å²) in [7, 11) is 1.47. The lowest BCUT2D eigenvalue weighted by Crippen LogP contribution is -2.41. The van der Waals surface area contributed by atoms with Crippen LogP contribution in [0.2, 0.25) is 0 Å². The lowest BCUT2D eigenvalue weighted by molar-refractivity contribution is -0.139.